The van der Waals surface area contributed by atoms with Crippen molar-refractivity contribution in [2.45, 2.75) is 12.5 Å². The predicted molar refractivity (Wildman–Crippen MR) is 43.4 cm³/mol. The summed E-state index contributed by atoms with van der Waals surface area (Å²) in [6.45, 7) is 0.630. The van der Waals surface area contributed by atoms with Crippen LogP contribution < -0.4 is 5.69 Å². The second kappa shape index (κ2) is 3.06. The van der Waals surface area contributed by atoms with Crippen LogP contribution in [0.25, 0.3) is 0 Å². The Morgan fingerprint density at radius 1 is 1.77 bits per heavy atom. The lowest BCUT2D eigenvalue weighted by molar-refractivity contribution is -0.148. The number of aliphatic hydroxyl groups is 1. The maximum atomic E-state index is 11.1. The van der Waals surface area contributed by atoms with Crippen molar-refractivity contribution in [1.29, 1.82) is 0 Å². The molecule has 6 nitrogen and oxygen atoms in total. The Morgan fingerprint density at radius 2 is 2.38 bits per heavy atom. The van der Waals surface area contributed by atoms with Crippen molar-refractivity contribution in [1.82, 2.24) is 9.55 Å². The van der Waals surface area contributed by atoms with Gasteiger partial charge in [0, 0.05) is 12.4 Å². The van der Waals surface area contributed by atoms with Crippen molar-refractivity contribution in [3.05, 3.63) is 22.9 Å². The third-order valence-corrected chi connectivity index (χ3v) is 1.95. The zero-order valence-electron chi connectivity index (χ0n) is 7.02. The van der Waals surface area contributed by atoms with Gasteiger partial charge in [-0.2, -0.15) is 0 Å². The molecule has 3 N–H and O–H groups in total. The highest BCUT2D eigenvalue weighted by Crippen LogP contribution is 2.12. The van der Waals surface area contributed by atoms with Gasteiger partial charge in [-0.25, -0.2) is 9.59 Å². The van der Waals surface area contributed by atoms with Crippen molar-refractivity contribution in [3.63, 3.8) is 0 Å². The van der Waals surface area contributed by atoms with Gasteiger partial charge in [-0.05, 0) is 6.92 Å². The third kappa shape index (κ3) is 1.35. The van der Waals surface area contributed by atoms with Gasteiger partial charge in [-0.15, -0.1) is 0 Å². The molecule has 0 aliphatic heterocycles. The molecule has 1 atom stereocenters. The lowest BCUT2D eigenvalue weighted by Crippen LogP contribution is -2.46. The van der Waals surface area contributed by atoms with Gasteiger partial charge in [-0.3, -0.25) is 4.57 Å². The van der Waals surface area contributed by atoms with Crippen LogP contribution in [0.4, 0.5) is 0 Å². The van der Waals surface area contributed by atoms with E-state index in [-0.39, 0.29) is 0 Å². The first-order valence-electron chi connectivity index (χ1n) is 3.63. The molecule has 0 saturated heterocycles. The van der Waals surface area contributed by atoms with E-state index < -0.39 is 23.8 Å². The molecule has 1 unspecified atom stereocenters. The summed E-state index contributed by atoms with van der Waals surface area (Å²) in [5, 5.41) is 17.7. The van der Waals surface area contributed by atoms with Gasteiger partial charge in [0.05, 0.1) is 6.61 Å². The van der Waals surface area contributed by atoms with Crippen molar-refractivity contribution < 1.29 is 15.0 Å². The predicted octanol–water partition coefficient (Wildman–Crippen LogP) is -1.03. The average Bonchev–Trinajstić information content (AvgIpc) is 2.50. The van der Waals surface area contributed by atoms with Crippen LogP contribution in [-0.2, 0) is 10.3 Å². The van der Waals surface area contributed by atoms with Crippen molar-refractivity contribution in [2.75, 3.05) is 6.61 Å². The van der Waals surface area contributed by atoms with Crippen LogP contribution in [0.1, 0.15) is 6.92 Å². The number of H-pyrrole nitrogens is 1. The number of hydrogen-bond donors (Lipinski definition) is 3. The zero-order chi connectivity index (χ0) is 10.1. The van der Waals surface area contributed by atoms with E-state index in [0.717, 1.165) is 4.57 Å². The van der Waals surface area contributed by atoms with Crippen LogP contribution in [-0.4, -0.2) is 32.3 Å². The van der Waals surface area contributed by atoms with E-state index in [0.29, 0.717) is 0 Å². The number of imidazole rings is 1. The number of aliphatic carboxylic acids is 1. The molecule has 13 heavy (non-hydrogen) atoms. The maximum absolute atomic E-state index is 11.1. The quantitative estimate of drug-likeness (QED) is 0.562. The van der Waals surface area contributed by atoms with Gasteiger partial charge in [0.1, 0.15) is 0 Å². The second-order valence-electron chi connectivity index (χ2n) is 2.87. The monoisotopic (exact) mass is 186 g/mol. The minimum absolute atomic E-state index is 0.557. The molecule has 1 rings (SSSR count). The molecule has 0 aromatic carbocycles. The summed E-state index contributed by atoms with van der Waals surface area (Å²) < 4.78 is 0.940. The van der Waals surface area contributed by atoms with E-state index in [9.17, 15) is 9.59 Å². The number of aromatic nitrogens is 2. The van der Waals surface area contributed by atoms with Crippen molar-refractivity contribution >= 4 is 5.97 Å². The highest BCUT2D eigenvalue weighted by molar-refractivity contribution is 5.76. The Labute approximate surface area is 73.4 Å². The summed E-state index contributed by atoms with van der Waals surface area (Å²) in [6.07, 6.45) is 2.60. The van der Waals surface area contributed by atoms with Crippen LogP contribution in [0.3, 0.4) is 0 Å². The molecule has 0 fully saturated rings. The molecule has 0 aliphatic rings. The number of rotatable bonds is 3. The number of nitrogens with zero attached hydrogens (tertiary/aromatic N) is 1. The first-order chi connectivity index (χ1) is 6.02. The largest absolute Gasteiger partial charge is 0.479 e. The Hall–Kier alpha value is -1.56. The lowest BCUT2D eigenvalue weighted by atomic mass is 10.0. The van der Waals surface area contributed by atoms with E-state index in [4.69, 9.17) is 10.2 Å². The number of aromatic amines is 1. The highest BCUT2D eigenvalue weighted by Gasteiger charge is 2.35. The number of hydrogen-bond acceptors (Lipinski definition) is 3. The third-order valence-electron chi connectivity index (χ3n) is 1.95. The van der Waals surface area contributed by atoms with Crippen LogP contribution in [0.2, 0.25) is 0 Å². The summed E-state index contributed by atoms with van der Waals surface area (Å²) in [5.74, 6) is -1.25. The minimum Gasteiger partial charge on any atom is -0.479 e. The first-order valence-corrected chi connectivity index (χ1v) is 3.63. The number of aliphatic hydroxyl groups excluding tert-OH is 1. The van der Waals surface area contributed by atoms with Gasteiger partial charge < -0.3 is 15.2 Å². The van der Waals surface area contributed by atoms with Gasteiger partial charge in [0.2, 0.25) is 0 Å². The molecular formula is C7H10N2O4. The van der Waals surface area contributed by atoms with Crippen LogP contribution in [0.5, 0.6) is 0 Å². The summed E-state index contributed by atoms with van der Waals surface area (Å²) in [5.41, 5.74) is -2.16. The van der Waals surface area contributed by atoms with Gasteiger partial charge in [0.15, 0.2) is 5.54 Å². The molecule has 6 heteroatoms. The molecule has 0 spiro atoms. The maximum Gasteiger partial charge on any atom is 0.332 e. The zero-order valence-corrected chi connectivity index (χ0v) is 7.02. The lowest BCUT2D eigenvalue weighted by Gasteiger charge is -2.22. The fourth-order valence-electron chi connectivity index (χ4n) is 0.956. The first kappa shape index (κ1) is 9.53. The summed E-state index contributed by atoms with van der Waals surface area (Å²) in [6, 6.07) is 0. The standard InChI is InChI=1S/C7H10N2O4/c1-7(4-10,5(11)12)9-3-2-8-6(9)13/h2-3,10H,4H2,1H3,(H,8,13)(H,11,12). The van der Waals surface area contributed by atoms with E-state index in [2.05, 4.69) is 4.98 Å². The van der Waals surface area contributed by atoms with Crippen LogP contribution in [0, 0.1) is 0 Å². The Kier molecular flexibility index (Phi) is 2.24. The fraction of sp³-hybridized carbons (Fsp3) is 0.429. The van der Waals surface area contributed by atoms with Gasteiger partial charge in [-0.1, -0.05) is 0 Å². The number of nitrogens with one attached hydrogen (secondary N) is 1. The van der Waals surface area contributed by atoms with Crippen molar-refractivity contribution in [2.24, 2.45) is 0 Å². The molecule has 0 bridgehead atoms. The normalized spacial score (nSPS) is 15.2. The minimum atomic E-state index is -1.60. The molecular weight excluding hydrogens is 176 g/mol. The second-order valence-corrected chi connectivity index (χ2v) is 2.87. The molecule has 1 aromatic rings. The van der Waals surface area contributed by atoms with Crippen LogP contribution >= 0.6 is 0 Å². The molecule has 0 radical (unpaired) electrons. The Morgan fingerprint density at radius 3 is 2.69 bits per heavy atom. The molecule has 0 amide bonds. The number of carbonyl (C=O) groups is 1. The van der Waals surface area contributed by atoms with Gasteiger partial charge in [0.25, 0.3) is 0 Å². The van der Waals surface area contributed by atoms with E-state index in [1.807, 2.05) is 0 Å². The molecule has 0 aliphatic carbocycles. The Bertz CT molecular complexity index is 367. The average molecular weight is 186 g/mol. The summed E-state index contributed by atoms with van der Waals surface area (Å²) >= 11 is 0. The fourth-order valence-corrected chi connectivity index (χ4v) is 0.956. The summed E-state index contributed by atoms with van der Waals surface area (Å²) in [7, 11) is 0. The smallest absolute Gasteiger partial charge is 0.332 e. The molecule has 72 valence electrons. The van der Waals surface area contributed by atoms with E-state index >= 15 is 0 Å². The van der Waals surface area contributed by atoms with Crippen molar-refractivity contribution in [3.8, 4) is 0 Å². The molecule has 1 heterocycles. The topological polar surface area (TPSA) is 95.3 Å². The van der Waals surface area contributed by atoms with E-state index in [1.54, 1.807) is 0 Å². The van der Waals surface area contributed by atoms with Gasteiger partial charge >= 0.3 is 11.7 Å². The number of carboxylic acid groups (broad SMARTS) is 1. The molecule has 0 saturated carbocycles. The SMILES string of the molecule is CC(CO)(C(=O)O)n1cc[nH]c1=O. The summed E-state index contributed by atoms with van der Waals surface area (Å²) in [4.78, 5) is 24.1. The molecule has 1 aromatic heterocycles. The van der Waals surface area contributed by atoms with E-state index in [1.165, 1.54) is 19.3 Å². The number of carboxylic acids is 1. The highest BCUT2D eigenvalue weighted by atomic mass is 16.4. The van der Waals surface area contributed by atoms with Crippen LogP contribution in [0.15, 0.2) is 17.2 Å². The Balaban J connectivity index is 3.25.